The van der Waals surface area contributed by atoms with Crippen molar-refractivity contribution >= 4 is 34.9 Å². The largest absolute Gasteiger partial charge is 0.495 e. The number of carboxylic acids is 1. The van der Waals surface area contributed by atoms with E-state index in [1.807, 2.05) is 18.2 Å². The van der Waals surface area contributed by atoms with E-state index in [2.05, 4.69) is 5.32 Å². The highest BCUT2D eigenvalue weighted by Gasteiger charge is 2.11. The Labute approximate surface area is 178 Å². The number of benzene rings is 3. The van der Waals surface area contributed by atoms with Crippen LogP contribution in [0.2, 0.25) is 10.0 Å². The van der Waals surface area contributed by atoms with Gasteiger partial charge in [-0.3, -0.25) is 0 Å². The van der Waals surface area contributed by atoms with Gasteiger partial charge in [-0.15, -0.1) is 0 Å². The monoisotopic (exact) mass is 431 g/mol. The molecule has 0 unspecified atom stereocenters. The highest BCUT2D eigenvalue weighted by atomic mass is 35.5. The lowest BCUT2D eigenvalue weighted by molar-refractivity contribution is 0.0697. The number of halogens is 2. The van der Waals surface area contributed by atoms with E-state index in [0.717, 1.165) is 11.1 Å². The van der Waals surface area contributed by atoms with E-state index >= 15 is 0 Å². The lowest BCUT2D eigenvalue weighted by Gasteiger charge is -2.15. The second kappa shape index (κ2) is 9.54. The quantitative estimate of drug-likeness (QED) is 0.465. The average molecular weight is 432 g/mol. The second-order valence-corrected chi connectivity index (χ2v) is 7.12. The number of methoxy groups -OCH3 is 1. The molecule has 2 N–H and O–H groups in total. The first-order valence-electron chi connectivity index (χ1n) is 8.77. The maximum atomic E-state index is 11.3. The van der Waals surface area contributed by atoms with Gasteiger partial charge in [0, 0.05) is 22.2 Å². The van der Waals surface area contributed by atoms with Crippen LogP contribution >= 0.6 is 23.2 Å². The normalized spacial score (nSPS) is 10.4. The van der Waals surface area contributed by atoms with Gasteiger partial charge < -0.3 is 19.9 Å². The molecule has 3 aromatic carbocycles. The Morgan fingerprint density at radius 1 is 1.00 bits per heavy atom. The van der Waals surface area contributed by atoms with Crippen LogP contribution in [0.4, 0.5) is 5.69 Å². The van der Waals surface area contributed by atoms with Gasteiger partial charge in [0.2, 0.25) is 0 Å². The molecule has 0 aliphatic heterocycles. The van der Waals surface area contributed by atoms with Crippen molar-refractivity contribution in [2.24, 2.45) is 0 Å². The molecule has 150 valence electrons. The minimum absolute atomic E-state index is 0.164. The van der Waals surface area contributed by atoms with Crippen molar-refractivity contribution in [1.29, 1.82) is 0 Å². The van der Waals surface area contributed by atoms with Crippen molar-refractivity contribution in [3.63, 3.8) is 0 Å². The van der Waals surface area contributed by atoms with E-state index in [1.165, 1.54) is 19.2 Å². The van der Waals surface area contributed by atoms with E-state index < -0.39 is 5.97 Å². The fourth-order valence-electron chi connectivity index (χ4n) is 2.78. The van der Waals surface area contributed by atoms with E-state index in [1.54, 1.807) is 30.3 Å². The molecule has 0 heterocycles. The van der Waals surface area contributed by atoms with Crippen molar-refractivity contribution in [2.45, 2.75) is 13.2 Å². The summed E-state index contributed by atoms with van der Waals surface area (Å²) in [7, 11) is 1.53. The second-order valence-electron chi connectivity index (χ2n) is 6.24. The van der Waals surface area contributed by atoms with Crippen LogP contribution < -0.4 is 14.8 Å². The zero-order valence-corrected chi connectivity index (χ0v) is 17.1. The van der Waals surface area contributed by atoms with Gasteiger partial charge in [-0.1, -0.05) is 35.3 Å². The predicted molar refractivity (Wildman–Crippen MR) is 115 cm³/mol. The van der Waals surface area contributed by atoms with Gasteiger partial charge in [0.15, 0.2) is 0 Å². The van der Waals surface area contributed by atoms with E-state index in [0.29, 0.717) is 40.4 Å². The molecular weight excluding hydrogens is 413 g/mol. The number of hydrogen-bond acceptors (Lipinski definition) is 4. The summed E-state index contributed by atoms with van der Waals surface area (Å²) in [6.07, 6.45) is 0. The summed E-state index contributed by atoms with van der Waals surface area (Å²) in [6.45, 7) is 0.720. The number of anilines is 1. The molecule has 0 spiro atoms. The molecule has 29 heavy (non-hydrogen) atoms. The molecule has 0 saturated carbocycles. The maximum Gasteiger partial charge on any atom is 0.335 e. The van der Waals surface area contributed by atoms with E-state index in [4.69, 9.17) is 32.7 Å². The number of nitrogens with one attached hydrogen (secondary N) is 1. The smallest absolute Gasteiger partial charge is 0.335 e. The molecule has 3 aromatic rings. The molecule has 0 bridgehead atoms. The third-order valence-corrected chi connectivity index (χ3v) is 4.69. The highest BCUT2D eigenvalue weighted by molar-refractivity contribution is 6.30. The Hall–Kier alpha value is -2.89. The molecule has 0 saturated heterocycles. The number of ether oxygens (including phenoxy) is 2. The van der Waals surface area contributed by atoms with Crippen molar-refractivity contribution < 1.29 is 19.4 Å². The zero-order valence-electron chi connectivity index (χ0n) is 15.6. The Bertz CT molecular complexity index is 1020. The predicted octanol–water partition coefficient (Wildman–Crippen LogP) is 5.89. The SMILES string of the molecule is COc1ccc(C(=O)O)cc1NCc1cc(Cl)ccc1OCc1cccc(Cl)c1. The molecular formula is C22H19Cl2NO4. The molecule has 3 rings (SSSR count). The van der Waals surface area contributed by atoms with Gasteiger partial charge in [-0.25, -0.2) is 4.79 Å². The number of rotatable bonds is 8. The summed E-state index contributed by atoms with van der Waals surface area (Å²) in [6, 6.07) is 17.4. The van der Waals surface area contributed by atoms with Crippen molar-refractivity contribution in [3.8, 4) is 11.5 Å². The number of carbonyl (C=O) groups is 1. The fraction of sp³-hybridized carbons (Fsp3) is 0.136. The minimum atomic E-state index is -1.01. The Balaban J connectivity index is 1.78. The Morgan fingerprint density at radius 3 is 2.48 bits per heavy atom. The third-order valence-electron chi connectivity index (χ3n) is 4.22. The van der Waals surface area contributed by atoms with E-state index in [-0.39, 0.29) is 5.56 Å². The average Bonchev–Trinajstić information content (AvgIpc) is 2.71. The molecule has 7 heteroatoms. The van der Waals surface area contributed by atoms with Gasteiger partial charge >= 0.3 is 5.97 Å². The lowest BCUT2D eigenvalue weighted by Crippen LogP contribution is -2.06. The van der Waals surface area contributed by atoms with Crippen LogP contribution in [0, 0.1) is 0 Å². The van der Waals surface area contributed by atoms with Crippen molar-refractivity contribution in [3.05, 3.63) is 87.4 Å². The summed E-state index contributed by atoms with van der Waals surface area (Å²) in [5.41, 5.74) is 2.49. The maximum absolute atomic E-state index is 11.3. The van der Waals surface area contributed by atoms with Crippen molar-refractivity contribution in [2.75, 3.05) is 12.4 Å². The molecule has 0 atom stereocenters. The molecule has 0 fully saturated rings. The van der Waals surface area contributed by atoms with Crippen LogP contribution in [0.3, 0.4) is 0 Å². The molecule has 0 amide bonds. The van der Waals surface area contributed by atoms with Gasteiger partial charge in [-0.2, -0.15) is 0 Å². The first kappa shape index (κ1) is 20.8. The first-order valence-corrected chi connectivity index (χ1v) is 9.52. The Kier molecular flexibility index (Phi) is 6.86. The molecule has 0 aromatic heterocycles. The van der Waals surface area contributed by atoms with Gasteiger partial charge in [0.25, 0.3) is 0 Å². The zero-order chi connectivity index (χ0) is 20.8. The third kappa shape index (κ3) is 5.56. The fourth-order valence-corrected chi connectivity index (χ4v) is 3.19. The van der Waals surface area contributed by atoms with E-state index in [9.17, 15) is 9.90 Å². The highest BCUT2D eigenvalue weighted by Crippen LogP contribution is 2.29. The van der Waals surface area contributed by atoms with Crippen LogP contribution in [0.5, 0.6) is 11.5 Å². The topological polar surface area (TPSA) is 67.8 Å². The molecule has 0 radical (unpaired) electrons. The van der Waals surface area contributed by atoms with Crippen LogP contribution in [-0.4, -0.2) is 18.2 Å². The lowest BCUT2D eigenvalue weighted by atomic mass is 10.1. The minimum Gasteiger partial charge on any atom is -0.495 e. The summed E-state index contributed by atoms with van der Waals surface area (Å²) < 4.78 is 11.3. The van der Waals surface area contributed by atoms with Crippen LogP contribution in [-0.2, 0) is 13.2 Å². The van der Waals surface area contributed by atoms with Crippen LogP contribution in [0.15, 0.2) is 60.7 Å². The Morgan fingerprint density at radius 2 is 1.76 bits per heavy atom. The standard InChI is InChI=1S/C22H19Cl2NO4/c1-28-21-7-5-15(22(26)27)11-19(21)25-12-16-10-18(24)6-8-20(16)29-13-14-3-2-4-17(23)9-14/h2-11,25H,12-13H2,1H3,(H,26,27). The molecule has 0 aliphatic rings. The van der Waals surface area contributed by atoms with Gasteiger partial charge in [0.1, 0.15) is 18.1 Å². The number of hydrogen-bond donors (Lipinski definition) is 2. The number of aromatic carboxylic acids is 1. The summed E-state index contributed by atoms with van der Waals surface area (Å²) in [5.74, 6) is 0.192. The van der Waals surface area contributed by atoms with Gasteiger partial charge in [-0.05, 0) is 54.1 Å². The molecule has 0 aliphatic carbocycles. The summed E-state index contributed by atoms with van der Waals surface area (Å²) >= 11 is 12.2. The van der Waals surface area contributed by atoms with Crippen molar-refractivity contribution in [1.82, 2.24) is 0 Å². The summed E-state index contributed by atoms with van der Waals surface area (Å²) in [5, 5.41) is 13.6. The van der Waals surface area contributed by atoms with Gasteiger partial charge in [0.05, 0.1) is 18.4 Å². The first-order chi connectivity index (χ1) is 14.0. The van der Waals surface area contributed by atoms with Crippen LogP contribution in [0.1, 0.15) is 21.5 Å². The summed E-state index contributed by atoms with van der Waals surface area (Å²) in [4.78, 5) is 11.3. The van der Waals surface area contributed by atoms with Crippen LogP contribution in [0.25, 0.3) is 0 Å². The molecule has 5 nitrogen and oxygen atoms in total. The number of carboxylic acid groups (broad SMARTS) is 1.